The Morgan fingerprint density at radius 1 is 1.03 bits per heavy atom. The van der Waals surface area contributed by atoms with Crippen LogP contribution in [-0.4, -0.2) is 43.3 Å². The molecule has 3 aromatic rings. The van der Waals surface area contributed by atoms with Crippen LogP contribution in [0.3, 0.4) is 0 Å². The summed E-state index contributed by atoms with van der Waals surface area (Å²) in [6.07, 6.45) is 0. The number of amides is 1. The van der Waals surface area contributed by atoms with E-state index in [1.54, 1.807) is 50.4 Å². The first-order chi connectivity index (χ1) is 14.0. The maximum absolute atomic E-state index is 12.9. The summed E-state index contributed by atoms with van der Waals surface area (Å²) < 4.78 is 17.2. The molecule has 0 saturated carbocycles. The highest BCUT2D eigenvalue weighted by molar-refractivity contribution is 5.94. The highest BCUT2D eigenvalue weighted by atomic mass is 16.5. The molecule has 0 aliphatic rings. The summed E-state index contributed by atoms with van der Waals surface area (Å²) in [5.41, 5.74) is 0.846. The van der Waals surface area contributed by atoms with Crippen molar-refractivity contribution in [1.29, 1.82) is 0 Å². The van der Waals surface area contributed by atoms with Crippen LogP contribution in [0.2, 0.25) is 0 Å². The molecule has 8 heteroatoms. The summed E-state index contributed by atoms with van der Waals surface area (Å²) in [7, 11) is 4.61. The van der Waals surface area contributed by atoms with Gasteiger partial charge in [-0.25, -0.2) is 4.98 Å². The largest absolute Gasteiger partial charge is 0.497 e. The SMILES string of the molecule is COc1ccc(C(=O)NCCn2c(C)nc3cc(OC)c(OC)cc3c2=O)cc1. The number of nitrogens with zero attached hydrogens (tertiary/aromatic N) is 2. The van der Waals surface area contributed by atoms with Gasteiger partial charge in [-0.3, -0.25) is 14.2 Å². The van der Waals surface area contributed by atoms with Crippen LogP contribution in [0, 0.1) is 6.92 Å². The van der Waals surface area contributed by atoms with Gasteiger partial charge in [0.15, 0.2) is 11.5 Å². The Hall–Kier alpha value is -3.55. The Bertz CT molecular complexity index is 1090. The first-order valence-corrected chi connectivity index (χ1v) is 9.04. The van der Waals surface area contributed by atoms with E-state index in [4.69, 9.17) is 14.2 Å². The number of aryl methyl sites for hydroxylation is 1. The lowest BCUT2D eigenvalue weighted by Crippen LogP contribution is -2.32. The van der Waals surface area contributed by atoms with Crippen molar-refractivity contribution in [3.05, 3.63) is 58.1 Å². The van der Waals surface area contributed by atoms with E-state index in [1.807, 2.05) is 0 Å². The molecule has 0 bridgehead atoms. The Labute approximate surface area is 168 Å². The number of hydrogen-bond donors (Lipinski definition) is 1. The lowest BCUT2D eigenvalue weighted by atomic mass is 10.2. The minimum absolute atomic E-state index is 0.202. The van der Waals surface area contributed by atoms with Gasteiger partial charge in [0.05, 0.1) is 32.2 Å². The minimum atomic E-state index is -0.224. The van der Waals surface area contributed by atoms with E-state index in [-0.39, 0.29) is 18.0 Å². The van der Waals surface area contributed by atoms with Crippen LogP contribution in [0.15, 0.2) is 41.2 Å². The predicted molar refractivity (Wildman–Crippen MR) is 109 cm³/mol. The molecule has 3 rings (SSSR count). The zero-order valence-corrected chi connectivity index (χ0v) is 16.8. The third kappa shape index (κ3) is 4.16. The number of ether oxygens (including phenoxy) is 3. The molecule has 1 heterocycles. The minimum Gasteiger partial charge on any atom is -0.497 e. The molecule has 8 nitrogen and oxygen atoms in total. The number of carbonyl (C=O) groups is 1. The molecule has 0 aliphatic heterocycles. The predicted octanol–water partition coefficient (Wildman–Crippen LogP) is 2.16. The van der Waals surface area contributed by atoms with Gasteiger partial charge in [-0.15, -0.1) is 0 Å². The van der Waals surface area contributed by atoms with E-state index in [0.29, 0.717) is 46.1 Å². The van der Waals surface area contributed by atoms with Crippen molar-refractivity contribution < 1.29 is 19.0 Å². The molecule has 1 N–H and O–H groups in total. The van der Waals surface area contributed by atoms with Crippen LogP contribution in [0.25, 0.3) is 10.9 Å². The van der Waals surface area contributed by atoms with Crippen molar-refractivity contribution in [2.45, 2.75) is 13.5 Å². The summed E-state index contributed by atoms with van der Waals surface area (Å²) in [5.74, 6) is 1.97. The smallest absolute Gasteiger partial charge is 0.261 e. The average molecular weight is 397 g/mol. The van der Waals surface area contributed by atoms with Crippen LogP contribution in [-0.2, 0) is 6.54 Å². The zero-order chi connectivity index (χ0) is 21.0. The van der Waals surface area contributed by atoms with Crippen molar-refractivity contribution in [2.24, 2.45) is 0 Å². The molecular formula is C21H23N3O5. The van der Waals surface area contributed by atoms with E-state index in [2.05, 4.69) is 10.3 Å². The van der Waals surface area contributed by atoms with Gasteiger partial charge in [-0.2, -0.15) is 0 Å². The quantitative estimate of drug-likeness (QED) is 0.657. The molecule has 0 fully saturated rings. The number of hydrogen-bond acceptors (Lipinski definition) is 6. The fraction of sp³-hybridized carbons (Fsp3) is 0.286. The van der Waals surface area contributed by atoms with Crippen LogP contribution in [0.1, 0.15) is 16.2 Å². The number of carbonyl (C=O) groups excluding carboxylic acids is 1. The average Bonchev–Trinajstić information content (AvgIpc) is 2.75. The van der Waals surface area contributed by atoms with Gasteiger partial charge in [0.1, 0.15) is 11.6 Å². The Morgan fingerprint density at radius 2 is 1.69 bits per heavy atom. The third-order valence-electron chi connectivity index (χ3n) is 4.62. The normalized spacial score (nSPS) is 10.6. The van der Waals surface area contributed by atoms with Crippen molar-refractivity contribution in [1.82, 2.24) is 14.9 Å². The first-order valence-electron chi connectivity index (χ1n) is 9.04. The molecule has 1 aromatic heterocycles. The van der Waals surface area contributed by atoms with Crippen molar-refractivity contribution in [3.8, 4) is 17.2 Å². The fourth-order valence-corrected chi connectivity index (χ4v) is 3.05. The molecule has 0 atom stereocenters. The lowest BCUT2D eigenvalue weighted by molar-refractivity contribution is 0.0952. The van der Waals surface area contributed by atoms with Crippen molar-refractivity contribution in [2.75, 3.05) is 27.9 Å². The van der Waals surface area contributed by atoms with Gasteiger partial charge in [0, 0.05) is 24.7 Å². The number of nitrogens with one attached hydrogen (secondary N) is 1. The van der Waals surface area contributed by atoms with Crippen LogP contribution in [0.5, 0.6) is 17.2 Å². The number of aromatic nitrogens is 2. The molecule has 29 heavy (non-hydrogen) atoms. The van der Waals surface area contributed by atoms with Crippen LogP contribution >= 0.6 is 0 Å². The molecule has 0 aliphatic carbocycles. The Balaban J connectivity index is 1.79. The van der Waals surface area contributed by atoms with E-state index >= 15 is 0 Å². The summed E-state index contributed by atoms with van der Waals surface area (Å²) in [6, 6.07) is 10.1. The third-order valence-corrected chi connectivity index (χ3v) is 4.62. The monoisotopic (exact) mass is 397 g/mol. The van der Waals surface area contributed by atoms with Crippen molar-refractivity contribution >= 4 is 16.8 Å². The highest BCUT2D eigenvalue weighted by Crippen LogP contribution is 2.30. The number of fused-ring (bicyclic) bond motifs is 1. The van der Waals surface area contributed by atoms with E-state index in [9.17, 15) is 9.59 Å². The van der Waals surface area contributed by atoms with Gasteiger partial charge in [0.25, 0.3) is 11.5 Å². The maximum atomic E-state index is 12.9. The van der Waals surface area contributed by atoms with E-state index in [0.717, 1.165) is 0 Å². The number of benzene rings is 2. The molecule has 0 unspecified atom stereocenters. The van der Waals surface area contributed by atoms with Gasteiger partial charge < -0.3 is 19.5 Å². The van der Waals surface area contributed by atoms with Gasteiger partial charge in [-0.1, -0.05) is 0 Å². The van der Waals surface area contributed by atoms with Crippen molar-refractivity contribution in [3.63, 3.8) is 0 Å². The first kappa shape index (κ1) is 20.2. The Kier molecular flexibility index (Phi) is 6.01. The summed E-state index contributed by atoms with van der Waals surface area (Å²) in [5, 5.41) is 3.24. The van der Waals surface area contributed by atoms with Gasteiger partial charge in [-0.05, 0) is 37.3 Å². The molecular weight excluding hydrogens is 374 g/mol. The van der Waals surface area contributed by atoms with Gasteiger partial charge in [0.2, 0.25) is 0 Å². The fourth-order valence-electron chi connectivity index (χ4n) is 3.05. The van der Waals surface area contributed by atoms with Crippen LogP contribution < -0.4 is 25.1 Å². The highest BCUT2D eigenvalue weighted by Gasteiger charge is 2.13. The molecule has 0 spiro atoms. The summed E-state index contributed by atoms with van der Waals surface area (Å²) in [4.78, 5) is 29.7. The molecule has 0 radical (unpaired) electrons. The molecule has 152 valence electrons. The second-order valence-electron chi connectivity index (χ2n) is 6.32. The van der Waals surface area contributed by atoms with Gasteiger partial charge >= 0.3 is 0 Å². The summed E-state index contributed by atoms with van der Waals surface area (Å²) >= 11 is 0. The molecule has 0 saturated heterocycles. The molecule has 2 aromatic carbocycles. The lowest BCUT2D eigenvalue weighted by Gasteiger charge is -2.13. The molecule has 1 amide bonds. The van der Waals surface area contributed by atoms with E-state index in [1.165, 1.54) is 18.8 Å². The number of rotatable bonds is 7. The second-order valence-corrected chi connectivity index (χ2v) is 6.32. The standard InChI is InChI=1S/C21H23N3O5/c1-13-23-17-12-19(29-4)18(28-3)11-16(17)21(26)24(13)10-9-22-20(25)14-5-7-15(27-2)8-6-14/h5-8,11-12H,9-10H2,1-4H3,(H,22,25). The maximum Gasteiger partial charge on any atom is 0.261 e. The number of methoxy groups -OCH3 is 3. The van der Waals surface area contributed by atoms with E-state index < -0.39 is 0 Å². The van der Waals surface area contributed by atoms with Crippen LogP contribution in [0.4, 0.5) is 0 Å². The zero-order valence-electron chi connectivity index (χ0n) is 16.8. The summed E-state index contributed by atoms with van der Waals surface area (Å²) in [6.45, 7) is 2.33. The Morgan fingerprint density at radius 3 is 2.31 bits per heavy atom. The second kappa shape index (κ2) is 8.64. The topological polar surface area (TPSA) is 91.7 Å².